The number of rotatable bonds is 8. The highest BCUT2D eigenvalue weighted by molar-refractivity contribution is 14.1. The van der Waals surface area contributed by atoms with Crippen LogP contribution in [0.5, 0.6) is 17.2 Å². The average Bonchev–Trinajstić information content (AvgIpc) is 2.71. The van der Waals surface area contributed by atoms with Crippen molar-refractivity contribution in [1.29, 1.82) is 0 Å². The Hall–Kier alpha value is -2.75. The van der Waals surface area contributed by atoms with Gasteiger partial charge in [0.1, 0.15) is 5.75 Å². The number of methoxy groups -OCH3 is 3. The van der Waals surface area contributed by atoms with Crippen LogP contribution in [0.1, 0.15) is 5.56 Å². The summed E-state index contributed by atoms with van der Waals surface area (Å²) in [5.41, 5.74) is 1.26. The minimum Gasteiger partial charge on any atom is -0.496 e. The number of carbonyl (C=O) groups is 2. The minimum atomic E-state index is -0.658. The van der Waals surface area contributed by atoms with Crippen molar-refractivity contribution in [2.75, 3.05) is 33.3 Å². The van der Waals surface area contributed by atoms with Crippen LogP contribution in [-0.4, -0.2) is 39.8 Å². The van der Waals surface area contributed by atoms with Gasteiger partial charge in [-0.15, -0.1) is 0 Å². The zero-order valence-corrected chi connectivity index (χ0v) is 17.8. The van der Waals surface area contributed by atoms with Crippen LogP contribution in [0.2, 0.25) is 0 Å². The first kappa shape index (κ1) is 21.5. The Balaban J connectivity index is 1.98. The maximum absolute atomic E-state index is 11.9. The van der Waals surface area contributed by atoms with Crippen molar-refractivity contribution < 1.29 is 28.5 Å². The molecule has 2 aromatic rings. The summed E-state index contributed by atoms with van der Waals surface area (Å²) >= 11 is 2.11. The highest BCUT2D eigenvalue weighted by Crippen LogP contribution is 2.35. The van der Waals surface area contributed by atoms with E-state index in [1.807, 2.05) is 18.2 Å². The molecule has 0 fully saturated rings. The molecule has 28 heavy (non-hydrogen) atoms. The number of amides is 1. The highest BCUT2D eigenvalue weighted by Gasteiger charge is 2.11. The van der Waals surface area contributed by atoms with E-state index >= 15 is 0 Å². The van der Waals surface area contributed by atoms with Crippen molar-refractivity contribution in [3.05, 3.63) is 51.6 Å². The van der Waals surface area contributed by atoms with E-state index in [2.05, 4.69) is 27.9 Å². The van der Waals surface area contributed by atoms with Gasteiger partial charge in [-0.05, 0) is 46.9 Å². The zero-order chi connectivity index (χ0) is 20.5. The molecule has 0 aliphatic rings. The van der Waals surface area contributed by atoms with E-state index in [9.17, 15) is 9.59 Å². The number of hydrogen-bond acceptors (Lipinski definition) is 6. The Morgan fingerprint density at radius 3 is 2.29 bits per heavy atom. The molecule has 0 saturated heterocycles. The summed E-state index contributed by atoms with van der Waals surface area (Å²) in [4.78, 5) is 23.9. The van der Waals surface area contributed by atoms with E-state index in [0.29, 0.717) is 28.5 Å². The molecule has 0 radical (unpaired) electrons. The first-order chi connectivity index (χ1) is 13.5. The quantitative estimate of drug-likeness (QED) is 0.342. The van der Waals surface area contributed by atoms with E-state index in [1.54, 1.807) is 18.2 Å². The molecule has 0 bridgehead atoms. The number of nitrogens with one attached hydrogen (secondary N) is 1. The van der Waals surface area contributed by atoms with Crippen molar-refractivity contribution in [3.8, 4) is 17.2 Å². The third kappa shape index (κ3) is 5.88. The monoisotopic (exact) mass is 497 g/mol. The molecular weight excluding hydrogens is 477 g/mol. The van der Waals surface area contributed by atoms with Crippen LogP contribution in [0.15, 0.2) is 42.5 Å². The van der Waals surface area contributed by atoms with Crippen LogP contribution in [0.3, 0.4) is 0 Å². The van der Waals surface area contributed by atoms with Gasteiger partial charge in [0.25, 0.3) is 5.91 Å². The molecule has 0 atom stereocenters. The molecule has 0 aliphatic carbocycles. The Morgan fingerprint density at radius 1 is 1.00 bits per heavy atom. The van der Waals surface area contributed by atoms with Crippen molar-refractivity contribution in [3.63, 3.8) is 0 Å². The molecule has 0 saturated carbocycles. The van der Waals surface area contributed by atoms with E-state index in [4.69, 9.17) is 18.9 Å². The summed E-state index contributed by atoms with van der Waals surface area (Å²) in [6, 6.07) is 10.6. The van der Waals surface area contributed by atoms with Crippen LogP contribution in [0.25, 0.3) is 6.08 Å². The van der Waals surface area contributed by atoms with Gasteiger partial charge >= 0.3 is 5.97 Å². The van der Waals surface area contributed by atoms with E-state index in [0.717, 1.165) is 3.57 Å². The summed E-state index contributed by atoms with van der Waals surface area (Å²) in [5.74, 6) is 0.418. The molecule has 0 unspecified atom stereocenters. The number of carbonyl (C=O) groups excluding carboxylic acids is 2. The maximum atomic E-state index is 11.9. The third-order valence-corrected chi connectivity index (χ3v) is 4.57. The standard InChI is InChI=1S/C20H20INO6/c1-25-16-11-18(27-3)17(26-2)10-13(16)8-9-20(24)28-12-19(23)22-15-7-5-4-6-14(15)21/h4-11H,12H2,1-3H3,(H,22,23)/b9-8+. The number of hydrogen-bond donors (Lipinski definition) is 1. The summed E-state index contributed by atoms with van der Waals surface area (Å²) < 4.78 is 21.6. The molecular formula is C20H20INO6. The normalized spacial score (nSPS) is 10.4. The van der Waals surface area contributed by atoms with Crippen LogP contribution in [-0.2, 0) is 14.3 Å². The Bertz CT molecular complexity index is 881. The summed E-state index contributed by atoms with van der Waals surface area (Å²) in [6.07, 6.45) is 2.73. The van der Waals surface area contributed by atoms with Gasteiger partial charge in [0.15, 0.2) is 18.1 Å². The molecule has 1 N–H and O–H groups in total. The summed E-state index contributed by atoms with van der Waals surface area (Å²) in [6.45, 7) is -0.392. The predicted octanol–water partition coefficient (Wildman–Crippen LogP) is 3.51. The first-order valence-corrected chi connectivity index (χ1v) is 9.25. The first-order valence-electron chi connectivity index (χ1n) is 8.17. The Kier molecular flexibility index (Phi) is 8.12. The number of esters is 1. The molecule has 8 heteroatoms. The van der Waals surface area contributed by atoms with Crippen molar-refractivity contribution >= 4 is 46.2 Å². The van der Waals surface area contributed by atoms with Crippen LogP contribution in [0, 0.1) is 3.57 Å². The van der Waals surface area contributed by atoms with Gasteiger partial charge < -0.3 is 24.3 Å². The topological polar surface area (TPSA) is 83.1 Å². The van der Waals surface area contributed by atoms with Crippen LogP contribution < -0.4 is 19.5 Å². The third-order valence-electron chi connectivity index (χ3n) is 3.63. The van der Waals surface area contributed by atoms with E-state index in [-0.39, 0.29) is 0 Å². The molecule has 0 aromatic heterocycles. The summed E-state index contributed by atoms with van der Waals surface area (Å²) in [7, 11) is 4.54. The van der Waals surface area contributed by atoms with Crippen LogP contribution in [0.4, 0.5) is 5.69 Å². The van der Waals surface area contributed by atoms with Gasteiger partial charge in [-0.2, -0.15) is 0 Å². The number of benzene rings is 2. The molecule has 2 aromatic carbocycles. The molecule has 0 heterocycles. The van der Waals surface area contributed by atoms with Crippen molar-refractivity contribution in [2.45, 2.75) is 0 Å². The van der Waals surface area contributed by atoms with Crippen molar-refractivity contribution in [2.24, 2.45) is 0 Å². The number of halogens is 1. The lowest BCUT2D eigenvalue weighted by atomic mass is 10.1. The fourth-order valence-corrected chi connectivity index (χ4v) is 2.80. The second-order valence-electron chi connectivity index (χ2n) is 5.42. The summed E-state index contributed by atoms with van der Waals surface area (Å²) in [5, 5.41) is 2.69. The lowest BCUT2D eigenvalue weighted by Gasteiger charge is -2.12. The Labute approximate surface area is 176 Å². The van der Waals surface area contributed by atoms with Gasteiger partial charge in [-0.1, -0.05) is 12.1 Å². The smallest absolute Gasteiger partial charge is 0.331 e. The second kappa shape index (κ2) is 10.5. The Morgan fingerprint density at radius 2 is 1.64 bits per heavy atom. The average molecular weight is 497 g/mol. The number of para-hydroxylation sites is 1. The maximum Gasteiger partial charge on any atom is 0.331 e. The van der Waals surface area contributed by atoms with E-state index < -0.39 is 18.5 Å². The molecule has 1 amide bonds. The van der Waals surface area contributed by atoms with Gasteiger partial charge in [0, 0.05) is 21.3 Å². The molecule has 7 nitrogen and oxygen atoms in total. The van der Waals surface area contributed by atoms with Gasteiger partial charge in [0.2, 0.25) is 0 Å². The van der Waals surface area contributed by atoms with Gasteiger partial charge in [-0.25, -0.2) is 4.79 Å². The fraction of sp³-hybridized carbons (Fsp3) is 0.200. The van der Waals surface area contributed by atoms with E-state index in [1.165, 1.54) is 33.5 Å². The molecule has 148 valence electrons. The van der Waals surface area contributed by atoms with Crippen LogP contribution >= 0.6 is 22.6 Å². The predicted molar refractivity (Wildman–Crippen MR) is 114 cm³/mol. The van der Waals surface area contributed by atoms with Gasteiger partial charge in [0.05, 0.1) is 27.0 Å². The minimum absolute atomic E-state index is 0.392. The number of ether oxygens (including phenoxy) is 4. The molecule has 2 rings (SSSR count). The number of anilines is 1. The largest absolute Gasteiger partial charge is 0.496 e. The van der Waals surface area contributed by atoms with Gasteiger partial charge in [-0.3, -0.25) is 4.79 Å². The zero-order valence-electron chi connectivity index (χ0n) is 15.7. The fourth-order valence-electron chi connectivity index (χ4n) is 2.27. The lowest BCUT2D eigenvalue weighted by Crippen LogP contribution is -2.20. The van der Waals surface area contributed by atoms with Crippen molar-refractivity contribution in [1.82, 2.24) is 0 Å². The molecule has 0 aliphatic heterocycles. The second-order valence-corrected chi connectivity index (χ2v) is 6.58. The lowest BCUT2D eigenvalue weighted by molar-refractivity contribution is -0.142. The highest BCUT2D eigenvalue weighted by atomic mass is 127. The SMILES string of the molecule is COc1cc(OC)c(OC)cc1/C=C/C(=O)OCC(=O)Nc1ccccc1I. The molecule has 0 spiro atoms.